The summed E-state index contributed by atoms with van der Waals surface area (Å²) < 4.78 is 23.9. The molecule has 8 heteroatoms. The van der Waals surface area contributed by atoms with Crippen LogP contribution in [0.2, 0.25) is 5.02 Å². The molecule has 1 aliphatic rings. The van der Waals surface area contributed by atoms with Gasteiger partial charge in [-0.15, -0.1) is 0 Å². The molecule has 156 valence electrons. The average Bonchev–Trinajstić information content (AvgIpc) is 2.61. The second-order valence-electron chi connectivity index (χ2n) is 8.06. The topological polar surface area (TPSA) is 76.7 Å². The maximum Gasteiger partial charge on any atom is 0.407 e. The van der Waals surface area contributed by atoms with E-state index in [2.05, 4.69) is 15.4 Å². The van der Waals surface area contributed by atoms with Crippen molar-refractivity contribution in [3.8, 4) is 0 Å². The van der Waals surface area contributed by atoms with Crippen LogP contribution in [0.4, 0.5) is 14.9 Å². The lowest BCUT2D eigenvalue weighted by Gasteiger charge is -2.30. The van der Waals surface area contributed by atoms with E-state index >= 15 is 0 Å². The summed E-state index contributed by atoms with van der Waals surface area (Å²) in [5.41, 5.74) is -0.0355. The van der Waals surface area contributed by atoms with E-state index in [0.717, 1.165) is 31.7 Å². The van der Waals surface area contributed by atoms with Gasteiger partial charge in [0.05, 0.1) is 23.4 Å². The summed E-state index contributed by atoms with van der Waals surface area (Å²) in [6.07, 6.45) is 3.11. The molecule has 1 fully saturated rings. The fourth-order valence-corrected chi connectivity index (χ4v) is 3.37. The zero-order chi connectivity index (χ0) is 20.9. The number of hydrogen-bond donors (Lipinski definition) is 2. The Morgan fingerprint density at radius 1 is 1.21 bits per heavy atom. The van der Waals surface area contributed by atoms with E-state index in [0.29, 0.717) is 18.2 Å². The van der Waals surface area contributed by atoms with Crippen molar-refractivity contribution in [2.75, 3.05) is 19.0 Å². The van der Waals surface area contributed by atoms with E-state index in [1.54, 1.807) is 0 Å². The molecule has 0 radical (unpaired) electrons. The SMILES string of the molecule is COC(=O)c1cc(F)c(Cl)c(NC[C@H]2CC[C@H](NC(=O)OC(C)(C)C)CC2)c1. The van der Waals surface area contributed by atoms with Crippen molar-refractivity contribution in [1.29, 1.82) is 0 Å². The van der Waals surface area contributed by atoms with Gasteiger partial charge < -0.3 is 20.1 Å². The highest BCUT2D eigenvalue weighted by atomic mass is 35.5. The van der Waals surface area contributed by atoms with E-state index in [1.165, 1.54) is 13.2 Å². The van der Waals surface area contributed by atoms with Gasteiger partial charge in [-0.05, 0) is 64.5 Å². The molecule has 2 rings (SSSR count). The van der Waals surface area contributed by atoms with Gasteiger partial charge in [0.1, 0.15) is 11.4 Å². The number of benzene rings is 1. The third-order valence-electron chi connectivity index (χ3n) is 4.60. The highest BCUT2D eigenvalue weighted by Gasteiger charge is 2.25. The summed E-state index contributed by atoms with van der Waals surface area (Å²) in [6, 6.07) is 2.65. The van der Waals surface area contributed by atoms with E-state index in [4.69, 9.17) is 16.3 Å². The van der Waals surface area contributed by atoms with E-state index in [9.17, 15) is 14.0 Å². The summed E-state index contributed by atoms with van der Waals surface area (Å²) in [6.45, 7) is 6.10. The van der Waals surface area contributed by atoms with Crippen molar-refractivity contribution < 1.29 is 23.5 Å². The lowest BCUT2D eigenvalue weighted by Crippen LogP contribution is -2.41. The van der Waals surface area contributed by atoms with Crippen molar-refractivity contribution in [3.63, 3.8) is 0 Å². The van der Waals surface area contributed by atoms with Crippen LogP contribution < -0.4 is 10.6 Å². The summed E-state index contributed by atoms with van der Waals surface area (Å²) in [4.78, 5) is 23.5. The quantitative estimate of drug-likeness (QED) is 0.679. The van der Waals surface area contributed by atoms with Gasteiger partial charge in [0.2, 0.25) is 0 Å². The first-order valence-corrected chi connectivity index (χ1v) is 9.77. The number of amides is 1. The van der Waals surface area contributed by atoms with Crippen LogP contribution in [0.5, 0.6) is 0 Å². The molecule has 0 bridgehead atoms. The largest absolute Gasteiger partial charge is 0.465 e. The maximum absolute atomic E-state index is 14.0. The first kappa shape index (κ1) is 22.3. The van der Waals surface area contributed by atoms with Gasteiger partial charge >= 0.3 is 12.1 Å². The molecule has 6 nitrogen and oxygen atoms in total. The summed E-state index contributed by atoms with van der Waals surface area (Å²) >= 11 is 6.01. The predicted octanol–water partition coefficient (Wildman–Crippen LogP) is 4.76. The Bertz CT molecular complexity index is 713. The van der Waals surface area contributed by atoms with Crippen molar-refractivity contribution >= 4 is 29.4 Å². The van der Waals surface area contributed by atoms with Crippen molar-refractivity contribution in [3.05, 3.63) is 28.5 Å². The van der Waals surface area contributed by atoms with Crippen LogP contribution in [0.1, 0.15) is 56.8 Å². The number of ether oxygens (including phenoxy) is 2. The smallest absolute Gasteiger partial charge is 0.407 e. The number of hydrogen-bond acceptors (Lipinski definition) is 5. The fourth-order valence-electron chi connectivity index (χ4n) is 3.19. The van der Waals surface area contributed by atoms with Crippen molar-refractivity contribution in [2.24, 2.45) is 5.92 Å². The van der Waals surface area contributed by atoms with Crippen LogP contribution in [-0.2, 0) is 9.47 Å². The van der Waals surface area contributed by atoms with Crippen molar-refractivity contribution in [2.45, 2.75) is 58.1 Å². The summed E-state index contributed by atoms with van der Waals surface area (Å²) in [7, 11) is 1.24. The Labute approximate surface area is 170 Å². The molecular formula is C20H28ClFN2O4. The molecule has 1 aliphatic carbocycles. The highest BCUT2D eigenvalue weighted by molar-refractivity contribution is 6.33. The van der Waals surface area contributed by atoms with E-state index in [1.807, 2.05) is 20.8 Å². The Balaban J connectivity index is 1.85. The molecule has 1 saturated carbocycles. The molecule has 28 heavy (non-hydrogen) atoms. The molecule has 2 N–H and O–H groups in total. The van der Waals surface area contributed by atoms with Gasteiger partial charge in [0.25, 0.3) is 0 Å². The number of carbonyl (C=O) groups excluding carboxylic acids is 2. The Kier molecular flexibility index (Phi) is 7.52. The molecule has 0 spiro atoms. The second-order valence-corrected chi connectivity index (χ2v) is 8.43. The molecule has 0 aliphatic heterocycles. The third kappa shape index (κ3) is 6.55. The van der Waals surface area contributed by atoms with Crippen LogP contribution in [-0.4, -0.2) is 37.4 Å². The Morgan fingerprint density at radius 2 is 1.86 bits per heavy atom. The fraction of sp³-hybridized carbons (Fsp3) is 0.600. The predicted molar refractivity (Wildman–Crippen MR) is 106 cm³/mol. The van der Waals surface area contributed by atoms with Crippen LogP contribution in [0.3, 0.4) is 0 Å². The van der Waals surface area contributed by atoms with Crippen molar-refractivity contribution in [1.82, 2.24) is 5.32 Å². The van der Waals surface area contributed by atoms with Crippen LogP contribution >= 0.6 is 11.6 Å². The molecule has 0 unspecified atom stereocenters. The number of nitrogens with one attached hydrogen (secondary N) is 2. The Morgan fingerprint density at radius 3 is 2.43 bits per heavy atom. The number of carbonyl (C=O) groups is 2. The lowest BCUT2D eigenvalue weighted by molar-refractivity contribution is 0.0487. The van der Waals surface area contributed by atoms with Gasteiger partial charge in [0.15, 0.2) is 0 Å². The summed E-state index contributed by atoms with van der Waals surface area (Å²) in [5, 5.41) is 6.00. The van der Waals surface area contributed by atoms with E-state index < -0.39 is 23.5 Å². The third-order valence-corrected chi connectivity index (χ3v) is 4.98. The number of alkyl carbamates (subject to hydrolysis) is 1. The van der Waals surface area contributed by atoms with Gasteiger partial charge in [-0.3, -0.25) is 0 Å². The lowest BCUT2D eigenvalue weighted by atomic mass is 9.86. The number of anilines is 1. The van der Waals surface area contributed by atoms with Gasteiger partial charge in [-0.1, -0.05) is 11.6 Å². The number of halogens is 2. The Hall–Kier alpha value is -2.02. The minimum atomic E-state index is -0.669. The van der Waals surface area contributed by atoms with Gasteiger partial charge in [-0.2, -0.15) is 0 Å². The second kappa shape index (κ2) is 9.45. The van der Waals surface area contributed by atoms with Crippen LogP contribution in [0, 0.1) is 11.7 Å². The zero-order valence-corrected chi connectivity index (χ0v) is 17.5. The number of rotatable bonds is 5. The molecule has 0 aromatic heterocycles. The molecule has 0 heterocycles. The molecule has 1 aromatic carbocycles. The first-order chi connectivity index (χ1) is 13.1. The summed E-state index contributed by atoms with van der Waals surface area (Å²) in [5.74, 6) is -0.928. The van der Waals surface area contributed by atoms with Crippen LogP contribution in [0.25, 0.3) is 0 Å². The normalized spacial score (nSPS) is 19.6. The number of methoxy groups -OCH3 is 1. The molecular weight excluding hydrogens is 387 g/mol. The van der Waals surface area contributed by atoms with E-state index in [-0.39, 0.29) is 16.6 Å². The average molecular weight is 415 g/mol. The molecule has 1 aromatic rings. The van der Waals surface area contributed by atoms with Gasteiger partial charge in [-0.25, -0.2) is 14.0 Å². The first-order valence-electron chi connectivity index (χ1n) is 9.40. The molecule has 1 amide bonds. The van der Waals surface area contributed by atoms with Crippen LogP contribution in [0.15, 0.2) is 12.1 Å². The van der Waals surface area contributed by atoms with Gasteiger partial charge in [0, 0.05) is 12.6 Å². The number of esters is 1. The molecule has 0 atom stereocenters. The standard InChI is InChI=1S/C20H28ClFN2O4/c1-20(2,3)28-19(26)24-14-7-5-12(6-8-14)11-23-16-10-13(18(25)27-4)9-15(22)17(16)21/h9-10,12,14,23H,5-8,11H2,1-4H3,(H,24,26)/t12-,14-. The molecule has 0 saturated heterocycles. The minimum absolute atomic E-state index is 0.0482. The minimum Gasteiger partial charge on any atom is -0.465 e. The monoisotopic (exact) mass is 414 g/mol. The highest BCUT2D eigenvalue weighted by Crippen LogP contribution is 2.29. The maximum atomic E-state index is 14.0. The zero-order valence-electron chi connectivity index (χ0n) is 16.7.